The lowest BCUT2D eigenvalue weighted by atomic mass is 9.85. The molecule has 0 aromatic rings. The van der Waals surface area contributed by atoms with E-state index in [9.17, 15) is 76.9 Å². The van der Waals surface area contributed by atoms with Gasteiger partial charge in [-0.05, 0) is 0 Å². The van der Waals surface area contributed by atoms with Gasteiger partial charge in [0.15, 0.2) is 0 Å². The van der Waals surface area contributed by atoms with E-state index >= 15 is 0 Å². The predicted octanol–water partition coefficient (Wildman–Crippen LogP) is -5.81. The smallest absolute Gasteiger partial charge is 0.121 e. The Morgan fingerprint density at radius 1 is 0.333 bits per heavy atom. The first-order chi connectivity index (χ1) is 13.9. The molecule has 0 aliphatic heterocycles. The van der Waals surface area contributed by atoms with E-state index in [1.807, 2.05) is 0 Å². The van der Waals surface area contributed by atoms with Crippen molar-refractivity contribution in [2.45, 2.75) is 36.6 Å². The minimum atomic E-state index is -6.51. The Balaban J connectivity index is -0.000000128. The summed E-state index contributed by atoms with van der Waals surface area (Å²) in [5, 5.41) is 10.0. The van der Waals surface area contributed by atoms with Gasteiger partial charge in [-0.25, -0.2) is 0 Å². The zero-order valence-corrected chi connectivity index (χ0v) is 28.8. The van der Waals surface area contributed by atoms with Gasteiger partial charge in [0.05, 0.1) is 39.1 Å². The van der Waals surface area contributed by atoms with Crippen molar-refractivity contribution in [3.05, 3.63) is 0 Å². The topological polar surface area (TPSA) is 747 Å². The minimum absolute atomic E-state index is 0. The molecule has 0 saturated heterocycles. The number of aliphatic hydroxyl groups is 1. The van der Waals surface area contributed by atoms with E-state index in [0.717, 1.165) is 0 Å². The summed E-state index contributed by atoms with van der Waals surface area (Å²) in [4.78, 5) is 109. The lowest BCUT2D eigenvalue weighted by Gasteiger charge is -2.55. The van der Waals surface area contributed by atoms with Gasteiger partial charge in [0.1, 0.15) is 36.6 Å². The van der Waals surface area contributed by atoms with E-state index in [1.54, 1.807) is 0 Å². The number of phosphoric ester groups is 5. The van der Waals surface area contributed by atoms with E-state index in [2.05, 4.69) is 22.6 Å². The quantitative estimate of drug-likeness (QED) is 0.0926. The fraction of sp³-hybridized carbons (Fsp3) is 1.00. The van der Waals surface area contributed by atoms with Crippen molar-refractivity contribution >= 4 is 39.1 Å². The van der Waals surface area contributed by atoms with Gasteiger partial charge in [-0.3, -0.25) is 0 Å². The van der Waals surface area contributed by atoms with Crippen LogP contribution in [0.15, 0.2) is 0 Å². The van der Waals surface area contributed by atoms with Crippen LogP contribution >= 0.6 is 39.1 Å². The Morgan fingerprint density at radius 3 is 0.595 bits per heavy atom. The van der Waals surface area contributed by atoms with Gasteiger partial charge in [0, 0.05) is 0 Å². The molecule has 0 aromatic heterocycles. The number of hydrogen-bond acceptors (Lipinski definition) is 21. The second-order valence-corrected chi connectivity index (χ2v) is 11.1. The largest absolute Gasteiger partial charge is 0.790 e. The molecule has 1 fully saturated rings. The molecule has 0 radical (unpaired) electrons. The van der Waals surface area contributed by atoms with Gasteiger partial charge in [-0.2, -0.15) is 0 Å². The lowest BCUT2D eigenvalue weighted by molar-refractivity contribution is -0.384. The zero-order valence-electron chi connectivity index (χ0n) is 24.3. The summed E-state index contributed by atoms with van der Waals surface area (Å²) in [6, 6.07) is 0. The fourth-order valence-electron chi connectivity index (χ4n) is 2.49. The van der Waals surface area contributed by atoms with Gasteiger partial charge < -0.3 is 161 Å². The number of phosphoric acid groups is 5. The number of quaternary nitrogens is 10. The maximum absolute atomic E-state index is 11.0. The molecular weight excluding hydrogens is 703 g/mol. The first kappa shape index (κ1) is 69.0. The van der Waals surface area contributed by atoms with Crippen molar-refractivity contribution < 1.29 is 99.5 Å². The van der Waals surface area contributed by atoms with Crippen molar-refractivity contribution in [3.8, 4) is 0 Å². The predicted molar refractivity (Wildman–Crippen MR) is 128 cm³/mol. The molecule has 1 rings (SSSR count). The molecule has 0 bridgehead atoms. The summed E-state index contributed by atoms with van der Waals surface area (Å²) in [7, 11) is -32.2. The van der Waals surface area contributed by atoms with Crippen molar-refractivity contribution in [2.75, 3.05) is 0 Å². The zero-order chi connectivity index (χ0) is 25.5. The van der Waals surface area contributed by atoms with Crippen molar-refractivity contribution in [2.24, 2.45) is 0 Å². The Labute approximate surface area is 237 Å². The molecule has 1 aliphatic rings. The Hall–Kier alpha value is 0.110. The summed E-state index contributed by atoms with van der Waals surface area (Å²) in [6.07, 6.45) is -19.5. The molecule has 42 heavy (non-hydrogen) atoms. The summed E-state index contributed by atoms with van der Waals surface area (Å²) in [5.41, 5.74) is 0. The van der Waals surface area contributed by atoms with Crippen LogP contribution in [0, 0.1) is 0 Å². The maximum Gasteiger partial charge on any atom is 0.121 e. The number of hydrogen-bond donors (Lipinski definition) is 11. The van der Waals surface area contributed by atoms with Crippen LogP contribution in [0.1, 0.15) is 0 Å². The molecular formula is C6H47N10O21P5. The molecule has 36 heteroatoms. The maximum atomic E-state index is 11.0. The number of rotatable bonds is 10. The highest BCUT2D eigenvalue weighted by Gasteiger charge is 2.55. The van der Waals surface area contributed by atoms with Gasteiger partial charge in [0.2, 0.25) is 0 Å². The Morgan fingerprint density at radius 2 is 0.452 bits per heavy atom. The lowest BCUT2D eigenvalue weighted by Crippen LogP contribution is -2.67. The standard InChI is InChI=1S/C6H17O21P5.10H3N/c7-1-2(23-28(8,9)10)4(25-30(14,15)16)6(27-32(20,21)22)5(26-31(17,18)19)3(1)24-29(11,12)13;;;;;;;;;;/h1-7H,(H2,8,9,10)(H2,11,12,13)(H2,14,15,16)(H2,17,18,19)(H2,20,21,22);10*1H3/t1?,2-,3+,4+,5-,6?;;;;;;;;;;. The summed E-state index contributed by atoms with van der Waals surface area (Å²) in [5.74, 6) is 0. The fourth-order valence-corrected chi connectivity index (χ4v) is 5.19. The third-order valence-electron chi connectivity index (χ3n) is 3.22. The third-order valence-corrected chi connectivity index (χ3v) is 5.73. The first-order valence-electron chi connectivity index (χ1n) is 7.09. The van der Waals surface area contributed by atoms with Crippen LogP contribution in [0.2, 0.25) is 0 Å². The number of aliphatic hydroxyl groups excluding tert-OH is 1. The van der Waals surface area contributed by atoms with E-state index in [4.69, 9.17) is 0 Å². The van der Waals surface area contributed by atoms with Crippen LogP contribution in [0.25, 0.3) is 0 Å². The monoisotopic (exact) mass is 750 g/mol. The highest BCUT2D eigenvalue weighted by molar-refractivity contribution is 7.44. The minimum Gasteiger partial charge on any atom is -0.790 e. The molecule has 0 spiro atoms. The van der Waals surface area contributed by atoms with E-state index in [-0.39, 0.29) is 61.5 Å². The van der Waals surface area contributed by atoms with E-state index < -0.39 is 75.7 Å². The van der Waals surface area contributed by atoms with Crippen LogP contribution in [-0.4, -0.2) is 41.7 Å². The van der Waals surface area contributed by atoms with Crippen LogP contribution in [0.3, 0.4) is 0 Å². The summed E-state index contributed by atoms with van der Waals surface area (Å²) >= 11 is 0. The molecule has 6 atom stereocenters. The highest BCUT2D eigenvalue weighted by atomic mass is 31.2. The van der Waals surface area contributed by atoms with Crippen LogP contribution in [-0.2, 0) is 45.4 Å². The molecule has 0 aromatic carbocycles. The summed E-state index contributed by atoms with van der Waals surface area (Å²) in [6.45, 7) is 0. The van der Waals surface area contributed by atoms with Crippen LogP contribution in [0.5, 0.6) is 0 Å². The SMILES string of the molecule is O=P([O-])([O-])OC1[C@@H](OP(=O)([O-])[O-])[C@H](OP(=O)([O-])[O-])C(O)[C@H](OP(=O)([O-])[O-])[C@H]1OP(=O)([O-])[O-].[NH4+].[NH4+].[NH4+].[NH4+].[NH4+].[NH4+].[NH4+].[NH4+].[NH4+].[NH4+]. The Bertz CT molecular complexity index is 858. The van der Waals surface area contributed by atoms with Crippen molar-refractivity contribution in [3.63, 3.8) is 0 Å². The molecule has 1 saturated carbocycles. The first-order valence-corrected chi connectivity index (χ1v) is 14.4. The van der Waals surface area contributed by atoms with Gasteiger partial charge in [-0.1, -0.05) is 0 Å². The van der Waals surface area contributed by atoms with E-state index in [1.165, 1.54) is 0 Å². The van der Waals surface area contributed by atoms with Crippen LogP contribution in [0.4, 0.5) is 0 Å². The molecule has 41 N–H and O–H groups in total. The van der Waals surface area contributed by atoms with E-state index in [0.29, 0.717) is 0 Å². The van der Waals surface area contributed by atoms with Gasteiger partial charge in [0.25, 0.3) is 0 Å². The molecule has 1 aliphatic carbocycles. The molecule has 2 unspecified atom stereocenters. The third kappa shape index (κ3) is 25.4. The molecule has 0 amide bonds. The van der Waals surface area contributed by atoms with Crippen LogP contribution < -0.4 is 110 Å². The van der Waals surface area contributed by atoms with Gasteiger partial charge >= 0.3 is 0 Å². The van der Waals surface area contributed by atoms with Crippen molar-refractivity contribution in [1.82, 2.24) is 61.5 Å². The average Bonchev–Trinajstić information content (AvgIpc) is 2.45. The normalized spacial score (nSPS) is 23.6. The molecule has 272 valence electrons. The second kappa shape index (κ2) is 23.4. The average molecular weight is 750 g/mol. The second-order valence-electron chi connectivity index (χ2n) is 5.58. The Kier molecular flexibility index (Phi) is 38.5. The van der Waals surface area contributed by atoms with Crippen molar-refractivity contribution in [1.29, 1.82) is 0 Å². The molecule has 31 nitrogen and oxygen atoms in total. The highest BCUT2D eigenvalue weighted by Crippen LogP contribution is 2.49. The summed E-state index contributed by atoms with van der Waals surface area (Å²) < 4.78 is 73.0. The molecule has 0 heterocycles. The van der Waals surface area contributed by atoms with Gasteiger partial charge in [-0.15, -0.1) is 0 Å².